The summed E-state index contributed by atoms with van der Waals surface area (Å²) in [5, 5.41) is 0. The van der Waals surface area contributed by atoms with E-state index in [2.05, 4.69) is 15.9 Å². The molecule has 1 aromatic carbocycles. The Bertz CT molecular complexity index is 547. The van der Waals surface area contributed by atoms with Gasteiger partial charge in [0.05, 0.1) is 4.34 Å². The fraction of sp³-hybridized carbons (Fsp3) is 0.0833. The summed E-state index contributed by atoms with van der Waals surface area (Å²) in [6.45, 7) is 0. The number of carbonyl (C=O) groups excluding carboxylic acids is 1. The van der Waals surface area contributed by atoms with Crippen molar-refractivity contribution in [1.82, 2.24) is 0 Å². The van der Waals surface area contributed by atoms with Crippen molar-refractivity contribution in [3.63, 3.8) is 0 Å². The summed E-state index contributed by atoms with van der Waals surface area (Å²) < 4.78 is 14.3. The van der Waals surface area contributed by atoms with Gasteiger partial charge in [-0.15, -0.1) is 11.3 Å². The summed E-state index contributed by atoms with van der Waals surface area (Å²) in [4.78, 5) is 12.8. The van der Waals surface area contributed by atoms with Gasteiger partial charge in [0.1, 0.15) is 5.82 Å². The van der Waals surface area contributed by atoms with Crippen molar-refractivity contribution in [3.8, 4) is 0 Å². The van der Waals surface area contributed by atoms with E-state index >= 15 is 0 Å². The zero-order chi connectivity index (χ0) is 12.4. The van der Waals surface area contributed by atoms with E-state index in [0.717, 1.165) is 4.88 Å². The molecule has 0 aliphatic heterocycles. The Morgan fingerprint density at radius 3 is 2.71 bits per heavy atom. The normalized spacial score (nSPS) is 10.5. The quantitative estimate of drug-likeness (QED) is 0.742. The Balaban J connectivity index is 2.19. The monoisotopic (exact) mass is 332 g/mol. The van der Waals surface area contributed by atoms with Gasteiger partial charge in [-0.25, -0.2) is 4.39 Å². The second-order valence-corrected chi connectivity index (χ2v) is 6.18. The average molecular weight is 334 g/mol. The van der Waals surface area contributed by atoms with Crippen LogP contribution in [0.15, 0.2) is 34.8 Å². The minimum Gasteiger partial charge on any atom is -0.294 e. The molecule has 0 fully saturated rings. The van der Waals surface area contributed by atoms with Gasteiger partial charge in [0, 0.05) is 21.3 Å². The molecule has 17 heavy (non-hydrogen) atoms. The Morgan fingerprint density at radius 1 is 1.35 bits per heavy atom. The van der Waals surface area contributed by atoms with E-state index in [4.69, 9.17) is 11.6 Å². The standard InChI is InChI=1S/C12H7BrClFOS/c13-8-3-7(4-9(15)5-8)11(16)6-10-1-2-12(14)17-10/h1-5H,6H2. The van der Waals surface area contributed by atoms with Crippen molar-refractivity contribution in [3.05, 3.63) is 55.4 Å². The van der Waals surface area contributed by atoms with Crippen LogP contribution in [0.25, 0.3) is 0 Å². The largest absolute Gasteiger partial charge is 0.294 e. The number of rotatable bonds is 3. The van der Waals surface area contributed by atoms with E-state index in [0.29, 0.717) is 14.4 Å². The predicted molar refractivity (Wildman–Crippen MR) is 71.5 cm³/mol. The molecular weight excluding hydrogens is 327 g/mol. The summed E-state index contributed by atoms with van der Waals surface area (Å²) in [6.07, 6.45) is 0.243. The molecule has 1 heterocycles. The molecule has 1 nitrogen and oxygen atoms in total. The molecule has 88 valence electrons. The van der Waals surface area contributed by atoms with Crippen molar-refractivity contribution in [2.24, 2.45) is 0 Å². The van der Waals surface area contributed by atoms with Crippen molar-refractivity contribution in [2.45, 2.75) is 6.42 Å². The summed E-state index contributed by atoms with van der Waals surface area (Å²) >= 11 is 10.3. The second kappa shape index (κ2) is 5.29. The molecule has 2 rings (SSSR count). The first kappa shape index (κ1) is 12.7. The van der Waals surface area contributed by atoms with Crippen LogP contribution in [0.3, 0.4) is 0 Å². The number of ketones is 1. The fourth-order valence-corrected chi connectivity index (χ4v) is 2.97. The molecule has 0 atom stereocenters. The number of hydrogen-bond donors (Lipinski definition) is 0. The lowest BCUT2D eigenvalue weighted by Gasteiger charge is -2.01. The van der Waals surface area contributed by atoms with Gasteiger partial charge in [-0.3, -0.25) is 4.79 Å². The first-order valence-corrected chi connectivity index (χ1v) is 6.77. The number of benzene rings is 1. The summed E-state index contributed by atoms with van der Waals surface area (Å²) in [6, 6.07) is 7.72. The molecule has 5 heteroatoms. The minimum atomic E-state index is -0.424. The third-order valence-corrected chi connectivity index (χ3v) is 3.84. The lowest BCUT2D eigenvalue weighted by atomic mass is 10.1. The van der Waals surface area contributed by atoms with Crippen LogP contribution < -0.4 is 0 Å². The average Bonchev–Trinajstić information content (AvgIpc) is 2.62. The van der Waals surface area contributed by atoms with E-state index in [1.165, 1.54) is 23.5 Å². The van der Waals surface area contributed by atoms with Gasteiger partial charge < -0.3 is 0 Å². The van der Waals surface area contributed by atoms with E-state index in [9.17, 15) is 9.18 Å². The van der Waals surface area contributed by atoms with Gasteiger partial charge in [0.2, 0.25) is 0 Å². The van der Waals surface area contributed by atoms with Gasteiger partial charge in [-0.05, 0) is 30.3 Å². The van der Waals surface area contributed by atoms with E-state index in [-0.39, 0.29) is 12.2 Å². The Labute approximate surface area is 115 Å². The highest BCUT2D eigenvalue weighted by Gasteiger charge is 2.10. The first-order chi connectivity index (χ1) is 8.04. The molecule has 0 aliphatic carbocycles. The van der Waals surface area contributed by atoms with Crippen LogP contribution >= 0.6 is 38.9 Å². The third kappa shape index (κ3) is 3.37. The molecule has 0 saturated carbocycles. The predicted octanol–water partition coefficient (Wildman–Crippen LogP) is 4.73. The number of halogens is 3. The number of hydrogen-bond acceptors (Lipinski definition) is 2. The highest BCUT2D eigenvalue weighted by Crippen LogP contribution is 2.23. The molecule has 0 saturated heterocycles. The number of thiophene rings is 1. The summed E-state index contributed by atoms with van der Waals surface area (Å²) in [5.41, 5.74) is 0.362. The third-order valence-electron chi connectivity index (χ3n) is 2.15. The van der Waals surface area contributed by atoms with Crippen LogP contribution in [0, 0.1) is 5.82 Å². The Morgan fingerprint density at radius 2 is 2.12 bits per heavy atom. The van der Waals surface area contributed by atoms with E-state index < -0.39 is 5.82 Å². The SMILES string of the molecule is O=C(Cc1ccc(Cl)s1)c1cc(F)cc(Br)c1. The zero-order valence-corrected chi connectivity index (χ0v) is 11.7. The molecule has 1 aromatic heterocycles. The maximum atomic E-state index is 13.1. The van der Waals surface area contributed by atoms with E-state index in [1.54, 1.807) is 18.2 Å². The molecule has 0 spiro atoms. The molecule has 0 unspecified atom stereocenters. The lowest BCUT2D eigenvalue weighted by Crippen LogP contribution is -2.02. The molecule has 0 radical (unpaired) electrons. The minimum absolute atomic E-state index is 0.122. The number of carbonyl (C=O) groups is 1. The smallest absolute Gasteiger partial charge is 0.168 e. The van der Waals surface area contributed by atoms with Crippen LogP contribution in [0.4, 0.5) is 4.39 Å². The van der Waals surface area contributed by atoms with E-state index in [1.807, 2.05) is 0 Å². The first-order valence-electron chi connectivity index (χ1n) is 4.78. The Hall–Kier alpha value is -0.710. The van der Waals surface area contributed by atoms with Crippen LogP contribution in [0.2, 0.25) is 4.34 Å². The van der Waals surface area contributed by atoms with Crippen molar-refractivity contribution < 1.29 is 9.18 Å². The van der Waals surface area contributed by atoms with Gasteiger partial charge in [-0.2, -0.15) is 0 Å². The van der Waals surface area contributed by atoms with Crippen LogP contribution in [0.5, 0.6) is 0 Å². The molecule has 0 aliphatic rings. The molecule has 2 aromatic rings. The maximum absolute atomic E-state index is 13.1. The Kier molecular flexibility index (Phi) is 3.97. The number of Topliss-reactive ketones (excluding diaryl/α,β-unsaturated/α-hetero) is 1. The summed E-state index contributed by atoms with van der Waals surface area (Å²) in [7, 11) is 0. The van der Waals surface area contributed by atoms with Gasteiger partial charge in [0.15, 0.2) is 5.78 Å². The lowest BCUT2D eigenvalue weighted by molar-refractivity contribution is 0.0993. The van der Waals surface area contributed by atoms with Gasteiger partial charge >= 0.3 is 0 Å². The highest BCUT2D eigenvalue weighted by atomic mass is 79.9. The van der Waals surface area contributed by atoms with Gasteiger partial charge in [0.25, 0.3) is 0 Å². The van der Waals surface area contributed by atoms with Crippen molar-refractivity contribution in [2.75, 3.05) is 0 Å². The van der Waals surface area contributed by atoms with Crippen molar-refractivity contribution in [1.29, 1.82) is 0 Å². The van der Waals surface area contributed by atoms with Crippen LogP contribution in [-0.4, -0.2) is 5.78 Å². The van der Waals surface area contributed by atoms with Gasteiger partial charge in [-0.1, -0.05) is 27.5 Å². The van der Waals surface area contributed by atoms with Crippen LogP contribution in [-0.2, 0) is 6.42 Å². The second-order valence-electron chi connectivity index (χ2n) is 3.46. The van der Waals surface area contributed by atoms with Crippen molar-refractivity contribution >= 4 is 44.7 Å². The molecular formula is C12H7BrClFOS. The van der Waals surface area contributed by atoms with Crippen LogP contribution in [0.1, 0.15) is 15.2 Å². The highest BCUT2D eigenvalue weighted by molar-refractivity contribution is 9.10. The molecule has 0 bridgehead atoms. The molecule has 0 amide bonds. The summed E-state index contributed by atoms with van der Waals surface area (Å²) in [5.74, 6) is -0.546. The zero-order valence-electron chi connectivity index (χ0n) is 8.54. The fourth-order valence-electron chi connectivity index (χ4n) is 1.42. The maximum Gasteiger partial charge on any atom is 0.168 e. The molecule has 0 N–H and O–H groups in total. The topological polar surface area (TPSA) is 17.1 Å².